The molecule has 0 aliphatic carbocycles. The van der Waals surface area contributed by atoms with Crippen molar-refractivity contribution < 1.29 is 0 Å². The molecule has 2 heterocycles. The van der Waals surface area contributed by atoms with Gasteiger partial charge in [0.25, 0.3) is 0 Å². The fraction of sp³-hybridized carbons (Fsp3) is 0.684. The van der Waals surface area contributed by atoms with Gasteiger partial charge in [0.2, 0.25) is 0 Å². The second-order valence-corrected chi connectivity index (χ2v) is 7.33. The molecular weight excluding hydrogens is 461 g/mol. The van der Waals surface area contributed by atoms with Gasteiger partial charge >= 0.3 is 0 Å². The van der Waals surface area contributed by atoms with E-state index < -0.39 is 0 Å². The molecule has 0 aromatic carbocycles. The highest BCUT2D eigenvalue weighted by Crippen LogP contribution is 2.17. The summed E-state index contributed by atoms with van der Waals surface area (Å²) in [7, 11) is 0. The van der Waals surface area contributed by atoms with Crippen molar-refractivity contribution in [2.45, 2.75) is 46.1 Å². The molecule has 1 aromatic heterocycles. The summed E-state index contributed by atoms with van der Waals surface area (Å²) >= 11 is 5.83. The SMILES string of the molecule is CCNC(=NCC(C(C)C)N1CCCC1)NCCc1ccc(Cl)nc1.I. The number of rotatable bonds is 8. The van der Waals surface area contributed by atoms with Crippen molar-refractivity contribution in [3.05, 3.63) is 29.0 Å². The van der Waals surface area contributed by atoms with Gasteiger partial charge in [-0.05, 0) is 56.8 Å². The maximum atomic E-state index is 5.83. The van der Waals surface area contributed by atoms with Crippen LogP contribution in [0.5, 0.6) is 0 Å². The predicted molar refractivity (Wildman–Crippen MR) is 122 cm³/mol. The topological polar surface area (TPSA) is 52.6 Å². The average Bonchev–Trinajstić information content (AvgIpc) is 3.10. The Hall–Kier alpha value is -0.600. The molecule has 0 radical (unpaired) electrons. The van der Waals surface area contributed by atoms with Crippen LogP contribution in [0, 0.1) is 5.92 Å². The molecule has 0 amide bonds. The van der Waals surface area contributed by atoms with Crippen molar-refractivity contribution in [1.82, 2.24) is 20.5 Å². The van der Waals surface area contributed by atoms with Crippen molar-refractivity contribution in [3.8, 4) is 0 Å². The van der Waals surface area contributed by atoms with E-state index in [1.807, 2.05) is 18.3 Å². The lowest BCUT2D eigenvalue weighted by Crippen LogP contribution is -2.42. The normalized spacial score (nSPS) is 16.4. The minimum Gasteiger partial charge on any atom is -0.357 e. The first-order valence-corrected chi connectivity index (χ1v) is 9.84. The number of hydrogen-bond donors (Lipinski definition) is 2. The minimum atomic E-state index is 0. The highest BCUT2D eigenvalue weighted by molar-refractivity contribution is 14.0. The van der Waals surface area contributed by atoms with Crippen LogP contribution < -0.4 is 10.6 Å². The minimum absolute atomic E-state index is 0. The van der Waals surface area contributed by atoms with E-state index in [4.69, 9.17) is 16.6 Å². The third-order valence-electron chi connectivity index (χ3n) is 4.65. The van der Waals surface area contributed by atoms with Gasteiger partial charge in [0.05, 0.1) is 6.54 Å². The zero-order valence-electron chi connectivity index (χ0n) is 16.2. The van der Waals surface area contributed by atoms with Crippen LogP contribution in [0.1, 0.15) is 39.2 Å². The monoisotopic (exact) mass is 493 g/mol. The van der Waals surface area contributed by atoms with Crippen molar-refractivity contribution in [1.29, 1.82) is 0 Å². The molecule has 1 unspecified atom stereocenters. The zero-order valence-corrected chi connectivity index (χ0v) is 19.3. The highest BCUT2D eigenvalue weighted by Gasteiger charge is 2.24. The van der Waals surface area contributed by atoms with Crippen LogP contribution in [0.3, 0.4) is 0 Å². The Morgan fingerprint density at radius 1 is 1.27 bits per heavy atom. The van der Waals surface area contributed by atoms with Crippen molar-refractivity contribution in [3.63, 3.8) is 0 Å². The van der Waals surface area contributed by atoms with Crippen LogP contribution in [-0.4, -0.2) is 54.6 Å². The molecule has 5 nitrogen and oxygen atoms in total. The summed E-state index contributed by atoms with van der Waals surface area (Å²) in [6.07, 6.45) is 5.37. The Balaban J connectivity index is 0.00000338. The van der Waals surface area contributed by atoms with Crippen LogP contribution in [0.4, 0.5) is 0 Å². The van der Waals surface area contributed by atoms with Crippen LogP contribution in [0.15, 0.2) is 23.3 Å². The molecule has 0 saturated carbocycles. The van der Waals surface area contributed by atoms with Crippen molar-refractivity contribution in [2.24, 2.45) is 10.9 Å². The molecule has 148 valence electrons. The first-order valence-electron chi connectivity index (χ1n) is 9.46. The molecule has 1 aliphatic rings. The fourth-order valence-corrected chi connectivity index (χ4v) is 3.34. The summed E-state index contributed by atoms with van der Waals surface area (Å²) in [5.41, 5.74) is 1.17. The van der Waals surface area contributed by atoms with E-state index in [0.717, 1.165) is 32.0 Å². The molecule has 0 bridgehead atoms. The van der Waals surface area contributed by atoms with E-state index in [9.17, 15) is 0 Å². The van der Waals surface area contributed by atoms with Crippen LogP contribution >= 0.6 is 35.6 Å². The number of hydrogen-bond acceptors (Lipinski definition) is 3. The number of guanidine groups is 1. The van der Waals surface area contributed by atoms with Crippen LogP contribution in [0.25, 0.3) is 0 Å². The Bertz CT molecular complexity index is 529. The summed E-state index contributed by atoms with van der Waals surface area (Å²) in [5.74, 6) is 1.51. The zero-order chi connectivity index (χ0) is 18.1. The van der Waals surface area contributed by atoms with E-state index in [2.05, 4.69) is 41.3 Å². The van der Waals surface area contributed by atoms with Gasteiger partial charge < -0.3 is 10.6 Å². The van der Waals surface area contributed by atoms with E-state index in [0.29, 0.717) is 17.1 Å². The predicted octanol–water partition coefficient (Wildman–Crippen LogP) is 3.57. The third kappa shape index (κ3) is 7.96. The maximum Gasteiger partial charge on any atom is 0.191 e. The number of halogens is 2. The number of pyridine rings is 1. The standard InChI is InChI=1S/C19H32ClN5.HI/c1-4-21-19(22-10-9-16-7-8-18(20)23-13-16)24-14-17(15(2)3)25-11-5-6-12-25;/h7-8,13,15,17H,4-6,9-12,14H2,1-3H3,(H2,21,22,24);1H. The number of aliphatic imine (C=N–C) groups is 1. The lowest BCUT2D eigenvalue weighted by Gasteiger charge is -2.29. The van der Waals surface area contributed by atoms with Gasteiger partial charge in [-0.3, -0.25) is 9.89 Å². The number of likely N-dealkylation sites (tertiary alicyclic amines) is 1. The maximum absolute atomic E-state index is 5.83. The first-order chi connectivity index (χ1) is 12.1. The van der Waals surface area contributed by atoms with Crippen molar-refractivity contribution in [2.75, 3.05) is 32.7 Å². The van der Waals surface area contributed by atoms with E-state index in [-0.39, 0.29) is 24.0 Å². The van der Waals surface area contributed by atoms with Gasteiger partial charge in [0.15, 0.2) is 5.96 Å². The van der Waals surface area contributed by atoms with Gasteiger partial charge in [0.1, 0.15) is 5.15 Å². The highest BCUT2D eigenvalue weighted by atomic mass is 127. The summed E-state index contributed by atoms with van der Waals surface area (Å²) in [6.45, 7) is 11.7. The average molecular weight is 494 g/mol. The Morgan fingerprint density at radius 2 is 2.00 bits per heavy atom. The first kappa shape index (κ1) is 23.4. The molecule has 2 N–H and O–H groups in total. The van der Waals surface area contributed by atoms with E-state index >= 15 is 0 Å². The summed E-state index contributed by atoms with van der Waals surface area (Å²) in [4.78, 5) is 11.6. The number of aromatic nitrogens is 1. The Morgan fingerprint density at radius 3 is 2.58 bits per heavy atom. The quantitative estimate of drug-likeness (QED) is 0.252. The van der Waals surface area contributed by atoms with E-state index in [1.165, 1.54) is 31.5 Å². The van der Waals surface area contributed by atoms with Gasteiger partial charge in [-0.15, -0.1) is 24.0 Å². The van der Waals surface area contributed by atoms with Gasteiger partial charge in [-0.25, -0.2) is 4.98 Å². The molecule has 2 rings (SSSR count). The smallest absolute Gasteiger partial charge is 0.191 e. The molecule has 1 atom stereocenters. The lowest BCUT2D eigenvalue weighted by molar-refractivity contribution is 0.197. The molecule has 7 heteroatoms. The molecule has 1 fully saturated rings. The van der Waals surface area contributed by atoms with Crippen molar-refractivity contribution >= 4 is 41.5 Å². The lowest BCUT2D eigenvalue weighted by atomic mass is 10.0. The third-order valence-corrected chi connectivity index (χ3v) is 4.88. The molecule has 1 saturated heterocycles. The van der Waals surface area contributed by atoms with Gasteiger partial charge in [-0.1, -0.05) is 31.5 Å². The number of nitrogens with zero attached hydrogens (tertiary/aromatic N) is 3. The van der Waals surface area contributed by atoms with Gasteiger partial charge in [0, 0.05) is 25.3 Å². The van der Waals surface area contributed by atoms with Gasteiger partial charge in [-0.2, -0.15) is 0 Å². The summed E-state index contributed by atoms with van der Waals surface area (Å²) < 4.78 is 0. The Labute approximate surface area is 180 Å². The molecular formula is C19H33ClIN5. The second-order valence-electron chi connectivity index (χ2n) is 6.94. The molecule has 1 aliphatic heterocycles. The number of nitrogens with one attached hydrogen (secondary N) is 2. The second kappa shape index (κ2) is 12.7. The Kier molecular flexibility index (Phi) is 11.5. The fourth-order valence-electron chi connectivity index (χ4n) is 3.23. The molecule has 1 aromatic rings. The van der Waals surface area contributed by atoms with Crippen LogP contribution in [0.2, 0.25) is 5.15 Å². The molecule has 0 spiro atoms. The molecule has 26 heavy (non-hydrogen) atoms. The van der Waals surface area contributed by atoms with Crippen LogP contribution in [-0.2, 0) is 6.42 Å². The van der Waals surface area contributed by atoms with E-state index in [1.54, 1.807) is 0 Å². The largest absolute Gasteiger partial charge is 0.357 e. The summed E-state index contributed by atoms with van der Waals surface area (Å²) in [5, 5.41) is 7.31. The summed E-state index contributed by atoms with van der Waals surface area (Å²) in [6, 6.07) is 4.38.